The number of hydrogen-bond donors (Lipinski definition) is 1. The summed E-state index contributed by atoms with van der Waals surface area (Å²) in [4.78, 5) is 29.0. The molecule has 0 radical (unpaired) electrons. The van der Waals surface area contributed by atoms with E-state index in [4.69, 9.17) is 16.3 Å². The van der Waals surface area contributed by atoms with Gasteiger partial charge in [0, 0.05) is 17.1 Å². The highest BCUT2D eigenvalue weighted by molar-refractivity contribution is 7.92. The summed E-state index contributed by atoms with van der Waals surface area (Å²) >= 11 is 6.45. The molecule has 0 spiro atoms. The number of carbonyl (C=O) groups excluding carboxylic acids is 2. The number of benzene rings is 3. The predicted molar refractivity (Wildman–Crippen MR) is 163 cm³/mol. The van der Waals surface area contributed by atoms with Crippen molar-refractivity contribution in [2.24, 2.45) is 0 Å². The Morgan fingerprint density at radius 1 is 0.976 bits per heavy atom. The molecule has 3 aromatic rings. The number of nitrogens with one attached hydrogen (secondary N) is 1. The quantitative estimate of drug-likeness (QED) is 0.311. The Bertz CT molecular complexity index is 1450. The van der Waals surface area contributed by atoms with Crippen molar-refractivity contribution >= 4 is 39.1 Å². The number of hydrogen-bond acceptors (Lipinski definition) is 5. The van der Waals surface area contributed by atoms with Gasteiger partial charge in [-0.2, -0.15) is 0 Å². The fraction of sp³-hybridized carbons (Fsp3) is 0.355. The third-order valence-electron chi connectivity index (χ3n) is 6.43. The van der Waals surface area contributed by atoms with Gasteiger partial charge >= 0.3 is 0 Å². The standard InChI is InChI=1S/C31H38ClN3O5S/c1-7-28(30(37)33-31(3,4)5)34(20-23-10-8-9-11-27(23)32)29(36)21-35(24-14-16-25(40-6)17-15-24)41(38,39)26-18-12-22(2)13-19-26/h8-19,28H,7,20-21H2,1-6H3,(H,33,37)/t28-/m0/s1. The highest BCUT2D eigenvalue weighted by Gasteiger charge is 2.34. The van der Waals surface area contributed by atoms with E-state index in [1.807, 2.05) is 34.6 Å². The molecule has 0 unspecified atom stereocenters. The summed E-state index contributed by atoms with van der Waals surface area (Å²) in [6.07, 6.45) is 0.311. The van der Waals surface area contributed by atoms with Crippen molar-refractivity contribution in [1.29, 1.82) is 0 Å². The molecule has 0 aliphatic heterocycles. The summed E-state index contributed by atoms with van der Waals surface area (Å²) in [5, 5.41) is 3.39. The molecule has 220 valence electrons. The first-order valence-electron chi connectivity index (χ1n) is 13.3. The molecule has 1 atom stereocenters. The highest BCUT2D eigenvalue weighted by Crippen LogP contribution is 2.27. The topological polar surface area (TPSA) is 96.0 Å². The van der Waals surface area contributed by atoms with Crippen LogP contribution < -0.4 is 14.4 Å². The van der Waals surface area contributed by atoms with Gasteiger partial charge in [-0.15, -0.1) is 0 Å². The van der Waals surface area contributed by atoms with Crippen LogP contribution in [0, 0.1) is 6.92 Å². The van der Waals surface area contributed by atoms with Crippen molar-refractivity contribution in [3.05, 3.63) is 88.9 Å². The minimum atomic E-state index is -4.16. The molecule has 0 fully saturated rings. The van der Waals surface area contributed by atoms with Crippen molar-refractivity contribution in [3.8, 4) is 5.75 Å². The van der Waals surface area contributed by atoms with Crippen LogP contribution in [-0.4, -0.2) is 50.4 Å². The number of sulfonamides is 1. The van der Waals surface area contributed by atoms with Gasteiger partial charge in [-0.05, 0) is 82.1 Å². The second-order valence-corrected chi connectivity index (χ2v) is 13.1. The zero-order valence-corrected chi connectivity index (χ0v) is 25.9. The Labute approximate surface area is 248 Å². The first-order valence-corrected chi connectivity index (χ1v) is 15.2. The maximum Gasteiger partial charge on any atom is 0.264 e. The first kappa shape index (κ1) is 32.0. The molecule has 10 heteroatoms. The number of anilines is 1. The lowest BCUT2D eigenvalue weighted by Crippen LogP contribution is -2.55. The van der Waals surface area contributed by atoms with Gasteiger partial charge in [-0.25, -0.2) is 8.42 Å². The molecule has 0 aliphatic carbocycles. The van der Waals surface area contributed by atoms with E-state index in [0.717, 1.165) is 9.87 Å². The van der Waals surface area contributed by atoms with E-state index in [1.54, 1.807) is 60.7 Å². The van der Waals surface area contributed by atoms with Crippen molar-refractivity contribution in [3.63, 3.8) is 0 Å². The largest absolute Gasteiger partial charge is 0.497 e. The Hall–Kier alpha value is -3.56. The zero-order valence-electron chi connectivity index (χ0n) is 24.3. The van der Waals surface area contributed by atoms with Gasteiger partial charge in [0.25, 0.3) is 10.0 Å². The van der Waals surface area contributed by atoms with Crippen LogP contribution in [-0.2, 0) is 26.2 Å². The number of aryl methyl sites for hydroxylation is 1. The molecule has 3 aromatic carbocycles. The Morgan fingerprint density at radius 3 is 2.12 bits per heavy atom. The monoisotopic (exact) mass is 599 g/mol. The summed E-state index contributed by atoms with van der Waals surface area (Å²) in [6, 6.07) is 19.1. The van der Waals surface area contributed by atoms with Crippen LogP contribution in [0.5, 0.6) is 5.75 Å². The minimum absolute atomic E-state index is 0.0234. The predicted octanol–water partition coefficient (Wildman–Crippen LogP) is 5.57. The molecule has 0 aliphatic rings. The maximum atomic E-state index is 14.1. The van der Waals surface area contributed by atoms with Gasteiger partial charge in [0.1, 0.15) is 18.3 Å². The second kappa shape index (κ2) is 13.4. The molecule has 0 bridgehead atoms. The van der Waals surface area contributed by atoms with Gasteiger partial charge in [-0.3, -0.25) is 13.9 Å². The molecule has 1 N–H and O–H groups in total. The van der Waals surface area contributed by atoms with Crippen LogP contribution in [0.4, 0.5) is 5.69 Å². The lowest BCUT2D eigenvalue weighted by molar-refractivity contribution is -0.141. The van der Waals surface area contributed by atoms with Crippen molar-refractivity contribution in [2.75, 3.05) is 18.0 Å². The van der Waals surface area contributed by atoms with Crippen LogP contribution >= 0.6 is 11.6 Å². The summed E-state index contributed by atoms with van der Waals surface area (Å²) in [7, 11) is -2.65. The van der Waals surface area contributed by atoms with Crippen molar-refractivity contribution in [1.82, 2.24) is 10.2 Å². The van der Waals surface area contributed by atoms with Gasteiger partial charge in [0.15, 0.2) is 0 Å². The summed E-state index contributed by atoms with van der Waals surface area (Å²) in [5.74, 6) is -0.344. The molecule has 0 saturated carbocycles. The SMILES string of the molecule is CC[C@@H](C(=O)NC(C)(C)C)N(Cc1ccccc1Cl)C(=O)CN(c1ccc(OC)cc1)S(=O)(=O)c1ccc(C)cc1. The lowest BCUT2D eigenvalue weighted by atomic mass is 10.1. The molecule has 0 saturated heterocycles. The molecule has 41 heavy (non-hydrogen) atoms. The summed E-state index contributed by atoms with van der Waals surface area (Å²) < 4.78 is 34.2. The molecule has 2 amide bonds. The van der Waals surface area contributed by atoms with E-state index in [2.05, 4.69) is 5.32 Å². The number of halogens is 1. The Kier molecular flexibility index (Phi) is 10.4. The molecular weight excluding hydrogens is 562 g/mol. The number of rotatable bonds is 11. The average Bonchev–Trinajstić information content (AvgIpc) is 2.91. The first-order chi connectivity index (χ1) is 19.3. The molecule has 8 nitrogen and oxygen atoms in total. The molecule has 0 heterocycles. The van der Waals surface area contributed by atoms with E-state index in [-0.39, 0.29) is 23.0 Å². The fourth-order valence-corrected chi connectivity index (χ4v) is 5.91. The lowest BCUT2D eigenvalue weighted by Gasteiger charge is -2.35. The zero-order chi connectivity index (χ0) is 30.4. The third-order valence-corrected chi connectivity index (χ3v) is 8.59. The van der Waals surface area contributed by atoms with Gasteiger partial charge in [0.05, 0.1) is 17.7 Å². The minimum Gasteiger partial charge on any atom is -0.497 e. The molecule has 0 aromatic heterocycles. The fourth-order valence-electron chi connectivity index (χ4n) is 4.30. The van der Waals surface area contributed by atoms with E-state index >= 15 is 0 Å². The van der Waals surface area contributed by atoms with Crippen LogP contribution in [0.3, 0.4) is 0 Å². The van der Waals surface area contributed by atoms with Gasteiger partial charge in [-0.1, -0.05) is 54.4 Å². The number of amides is 2. The average molecular weight is 600 g/mol. The van der Waals surface area contributed by atoms with E-state index in [0.29, 0.717) is 22.8 Å². The number of carbonyl (C=O) groups is 2. The van der Waals surface area contributed by atoms with Gasteiger partial charge in [0.2, 0.25) is 11.8 Å². The number of ether oxygens (including phenoxy) is 1. The highest BCUT2D eigenvalue weighted by atomic mass is 35.5. The maximum absolute atomic E-state index is 14.1. The molecular formula is C31H38ClN3O5S. The summed E-state index contributed by atoms with van der Waals surface area (Å²) in [5.41, 5.74) is 1.29. The van der Waals surface area contributed by atoms with Crippen LogP contribution in [0.1, 0.15) is 45.2 Å². The Balaban J connectivity index is 2.09. The van der Waals surface area contributed by atoms with Crippen LogP contribution in [0.15, 0.2) is 77.7 Å². The van der Waals surface area contributed by atoms with Crippen molar-refractivity contribution < 1.29 is 22.7 Å². The van der Waals surface area contributed by atoms with Gasteiger partial charge < -0.3 is 15.0 Å². The third kappa shape index (κ3) is 8.24. The Morgan fingerprint density at radius 2 is 1.59 bits per heavy atom. The number of nitrogens with zero attached hydrogens (tertiary/aromatic N) is 2. The normalized spacial score (nSPS) is 12.4. The van der Waals surface area contributed by atoms with E-state index in [1.165, 1.54) is 24.1 Å². The molecule has 3 rings (SSSR count). The smallest absolute Gasteiger partial charge is 0.264 e. The van der Waals surface area contributed by atoms with E-state index in [9.17, 15) is 18.0 Å². The number of methoxy groups -OCH3 is 1. The van der Waals surface area contributed by atoms with Crippen LogP contribution in [0.25, 0.3) is 0 Å². The van der Waals surface area contributed by atoms with Crippen molar-refractivity contribution in [2.45, 2.75) is 64.1 Å². The van der Waals surface area contributed by atoms with Crippen LogP contribution in [0.2, 0.25) is 5.02 Å². The second-order valence-electron chi connectivity index (χ2n) is 10.8. The summed E-state index contributed by atoms with van der Waals surface area (Å²) in [6.45, 7) is 8.74. The van der Waals surface area contributed by atoms with E-state index < -0.39 is 34.1 Å².